The Bertz CT molecular complexity index is 914. The molecule has 0 atom stereocenters. The minimum absolute atomic E-state index is 0.612. The van der Waals surface area contributed by atoms with Gasteiger partial charge in [0.15, 0.2) is 0 Å². The van der Waals surface area contributed by atoms with Crippen LogP contribution in [0, 0.1) is 19.3 Å². The molecule has 0 spiro atoms. The fraction of sp³-hybridized carbons (Fsp3) is 0.562. The first-order valence-electron chi connectivity index (χ1n) is 14.1. The Morgan fingerprint density at radius 1 is 0.861 bits per heavy atom. The molecule has 0 aromatic heterocycles. The second-order valence-corrected chi connectivity index (χ2v) is 9.69. The lowest BCUT2D eigenvalue weighted by atomic mass is 10.00. The molecular weight excluding hydrogens is 442 g/mol. The third kappa shape index (κ3) is 12.4. The van der Waals surface area contributed by atoms with Gasteiger partial charge in [-0.25, -0.2) is 0 Å². The van der Waals surface area contributed by atoms with E-state index in [0.29, 0.717) is 19.8 Å². The number of terminal acetylenes is 1. The standard InChI is InChI=1S/C32H47N3O/c1-5-8-9-10-11-12-13-14-15-16-17-31-26-32(23-22-30(31)6-2)33-34-35(7-3)24-25-36-27-29-20-18-28(4)19-21-29/h2,18-23,26H,5,7-17,24-25,27H2,1,3-4H3. The summed E-state index contributed by atoms with van der Waals surface area (Å²) in [6, 6.07) is 14.5. The number of ether oxygens (including phenoxy) is 1. The Labute approximate surface area is 220 Å². The van der Waals surface area contributed by atoms with Crippen molar-refractivity contribution in [2.24, 2.45) is 10.3 Å². The second-order valence-electron chi connectivity index (χ2n) is 9.69. The van der Waals surface area contributed by atoms with Crippen LogP contribution in [-0.4, -0.2) is 24.7 Å². The van der Waals surface area contributed by atoms with Gasteiger partial charge in [0, 0.05) is 12.1 Å². The maximum atomic E-state index is 5.83. The quantitative estimate of drug-likeness (QED) is 0.0854. The van der Waals surface area contributed by atoms with Gasteiger partial charge in [-0.3, -0.25) is 5.01 Å². The van der Waals surface area contributed by atoms with Gasteiger partial charge in [-0.05, 0) is 56.0 Å². The van der Waals surface area contributed by atoms with Gasteiger partial charge in [0.2, 0.25) is 0 Å². The van der Waals surface area contributed by atoms with E-state index in [9.17, 15) is 0 Å². The van der Waals surface area contributed by atoms with E-state index in [1.807, 2.05) is 17.1 Å². The van der Waals surface area contributed by atoms with Crippen molar-refractivity contribution in [1.82, 2.24) is 5.01 Å². The monoisotopic (exact) mass is 489 g/mol. The summed E-state index contributed by atoms with van der Waals surface area (Å²) in [5.74, 6) is 2.84. The van der Waals surface area contributed by atoms with Crippen LogP contribution in [0.1, 0.15) is 100 Å². The number of likely N-dealkylation sites (N-methyl/N-ethyl adjacent to an activating group) is 1. The maximum absolute atomic E-state index is 5.83. The zero-order chi connectivity index (χ0) is 25.8. The van der Waals surface area contributed by atoms with Crippen LogP contribution >= 0.6 is 0 Å². The van der Waals surface area contributed by atoms with E-state index in [0.717, 1.165) is 24.2 Å². The highest BCUT2D eigenvalue weighted by Gasteiger charge is 2.04. The molecule has 0 N–H and O–H groups in total. The first-order valence-corrected chi connectivity index (χ1v) is 14.1. The Hall–Kier alpha value is -2.64. The predicted molar refractivity (Wildman–Crippen MR) is 153 cm³/mol. The number of hydrogen-bond acceptors (Lipinski definition) is 3. The van der Waals surface area contributed by atoms with Crippen molar-refractivity contribution < 1.29 is 4.74 Å². The molecule has 4 heteroatoms. The van der Waals surface area contributed by atoms with Gasteiger partial charge in [0.05, 0.1) is 25.4 Å². The average molecular weight is 490 g/mol. The number of aryl methyl sites for hydroxylation is 2. The molecule has 0 heterocycles. The van der Waals surface area contributed by atoms with E-state index >= 15 is 0 Å². The number of benzene rings is 2. The molecule has 2 rings (SSSR count). The van der Waals surface area contributed by atoms with Crippen LogP contribution < -0.4 is 0 Å². The molecule has 36 heavy (non-hydrogen) atoms. The van der Waals surface area contributed by atoms with Crippen molar-refractivity contribution in [1.29, 1.82) is 0 Å². The molecule has 196 valence electrons. The number of hydrogen-bond donors (Lipinski definition) is 0. The Kier molecular flexibility index (Phi) is 15.3. The summed E-state index contributed by atoms with van der Waals surface area (Å²) >= 11 is 0. The Balaban J connectivity index is 1.72. The lowest BCUT2D eigenvalue weighted by Gasteiger charge is -2.15. The highest BCUT2D eigenvalue weighted by molar-refractivity contribution is 5.49. The molecule has 0 bridgehead atoms. The van der Waals surface area contributed by atoms with E-state index in [2.05, 4.69) is 67.4 Å². The average Bonchev–Trinajstić information content (AvgIpc) is 2.90. The van der Waals surface area contributed by atoms with Crippen LogP contribution in [0.2, 0.25) is 0 Å². The summed E-state index contributed by atoms with van der Waals surface area (Å²) in [6.07, 6.45) is 20.1. The summed E-state index contributed by atoms with van der Waals surface area (Å²) in [7, 11) is 0. The molecule has 0 radical (unpaired) electrons. The largest absolute Gasteiger partial charge is 0.375 e. The van der Waals surface area contributed by atoms with Crippen molar-refractivity contribution in [3.63, 3.8) is 0 Å². The fourth-order valence-corrected chi connectivity index (χ4v) is 4.22. The first kappa shape index (κ1) is 29.6. The molecule has 0 amide bonds. The first-order chi connectivity index (χ1) is 17.7. The molecule has 2 aromatic rings. The molecule has 2 aromatic carbocycles. The van der Waals surface area contributed by atoms with Crippen LogP contribution in [0.5, 0.6) is 0 Å². The number of nitrogens with zero attached hydrogens (tertiary/aromatic N) is 3. The molecular formula is C32H47N3O. The summed E-state index contributed by atoms with van der Waals surface area (Å²) in [6.45, 7) is 9.17. The van der Waals surface area contributed by atoms with Gasteiger partial charge in [0.25, 0.3) is 0 Å². The van der Waals surface area contributed by atoms with Gasteiger partial charge in [-0.15, -0.1) is 11.5 Å². The Morgan fingerprint density at radius 3 is 2.17 bits per heavy atom. The lowest BCUT2D eigenvalue weighted by molar-refractivity contribution is 0.0927. The van der Waals surface area contributed by atoms with Crippen LogP contribution in [-0.2, 0) is 17.8 Å². The molecule has 4 nitrogen and oxygen atoms in total. The van der Waals surface area contributed by atoms with E-state index < -0.39 is 0 Å². The van der Waals surface area contributed by atoms with Crippen molar-refractivity contribution in [3.05, 3.63) is 64.7 Å². The molecule has 0 fully saturated rings. The molecule has 0 saturated carbocycles. The van der Waals surface area contributed by atoms with E-state index in [4.69, 9.17) is 11.2 Å². The maximum Gasteiger partial charge on any atom is 0.0877 e. The predicted octanol–water partition coefficient (Wildman–Crippen LogP) is 8.98. The Morgan fingerprint density at radius 2 is 1.53 bits per heavy atom. The summed E-state index contributed by atoms with van der Waals surface area (Å²) in [5.41, 5.74) is 5.49. The fourth-order valence-electron chi connectivity index (χ4n) is 4.22. The van der Waals surface area contributed by atoms with Crippen LogP contribution in [0.3, 0.4) is 0 Å². The van der Waals surface area contributed by atoms with Crippen molar-refractivity contribution in [2.45, 2.75) is 98.0 Å². The van der Waals surface area contributed by atoms with E-state index in [-0.39, 0.29) is 0 Å². The highest BCUT2D eigenvalue weighted by Crippen LogP contribution is 2.21. The minimum atomic E-state index is 0.612. The van der Waals surface area contributed by atoms with Crippen molar-refractivity contribution >= 4 is 5.69 Å². The second kappa shape index (κ2) is 18.6. The molecule has 0 aliphatic carbocycles. The van der Waals surface area contributed by atoms with Gasteiger partial charge >= 0.3 is 0 Å². The number of unbranched alkanes of at least 4 members (excludes halogenated alkanes) is 9. The van der Waals surface area contributed by atoms with Gasteiger partial charge in [-0.2, -0.15) is 0 Å². The molecule has 0 saturated heterocycles. The molecule has 0 unspecified atom stereocenters. The lowest BCUT2D eigenvalue weighted by Crippen LogP contribution is -2.21. The highest BCUT2D eigenvalue weighted by atomic mass is 16.5. The zero-order valence-electron chi connectivity index (χ0n) is 23.0. The topological polar surface area (TPSA) is 37.2 Å². The van der Waals surface area contributed by atoms with Crippen molar-refractivity contribution in [2.75, 3.05) is 19.7 Å². The SMILES string of the molecule is C#Cc1ccc(N=NN(CC)CCOCc2ccc(C)cc2)cc1CCCCCCCCCCCC. The zero-order valence-corrected chi connectivity index (χ0v) is 23.0. The van der Waals surface area contributed by atoms with Gasteiger partial charge in [0.1, 0.15) is 0 Å². The number of rotatable bonds is 19. The van der Waals surface area contributed by atoms with Gasteiger partial charge < -0.3 is 4.74 Å². The normalized spacial score (nSPS) is 11.2. The minimum Gasteiger partial charge on any atom is -0.375 e. The van der Waals surface area contributed by atoms with E-state index in [1.54, 1.807) is 0 Å². The smallest absolute Gasteiger partial charge is 0.0877 e. The van der Waals surface area contributed by atoms with Crippen LogP contribution in [0.15, 0.2) is 52.8 Å². The van der Waals surface area contributed by atoms with Crippen LogP contribution in [0.25, 0.3) is 0 Å². The van der Waals surface area contributed by atoms with Gasteiger partial charge in [-0.1, -0.05) is 106 Å². The summed E-state index contributed by atoms with van der Waals surface area (Å²) in [5, 5.41) is 10.9. The molecule has 0 aliphatic heterocycles. The summed E-state index contributed by atoms with van der Waals surface area (Å²) in [4.78, 5) is 0. The third-order valence-corrected chi connectivity index (χ3v) is 6.58. The summed E-state index contributed by atoms with van der Waals surface area (Å²) < 4.78 is 5.83. The van der Waals surface area contributed by atoms with Crippen molar-refractivity contribution in [3.8, 4) is 12.3 Å². The van der Waals surface area contributed by atoms with Crippen LogP contribution in [0.4, 0.5) is 5.69 Å². The molecule has 0 aliphatic rings. The third-order valence-electron chi connectivity index (χ3n) is 6.58. The van der Waals surface area contributed by atoms with E-state index in [1.165, 1.54) is 80.9 Å².